The second-order valence-electron chi connectivity index (χ2n) is 3.49. The molecule has 2 heterocycles. The molecule has 0 atom stereocenters. The van der Waals surface area contributed by atoms with Gasteiger partial charge < -0.3 is 5.32 Å². The van der Waals surface area contributed by atoms with Gasteiger partial charge >= 0.3 is 0 Å². The monoisotopic (exact) mass is 218 g/mol. The Labute approximate surface area is 94.0 Å². The number of nitrogens with zero attached hydrogens (tertiary/aromatic N) is 1. The summed E-state index contributed by atoms with van der Waals surface area (Å²) in [5.74, 6) is 0. The first-order chi connectivity index (χ1) is 7.36. The Hall–Kier alpha value is -1.19. The lowest BCUT2D eigenvalue weighted by Crippen LogP contribution is -2.12. The van der Waals surface area contributed by atoms with E-state index in [1.165, 1.54) is 16.0 Å². The average Bonchev–Trinajstić information content (AvgIpc) is 2.66. The van der Waals surface area contributed by atoms with E-state index < -0.39 is 0 Å². The van der Waals surface area contributed by atoms with Crippen molar-refractivity contribution in [2.75, 3.05) is 0 Å². The van der Waals surface area contributed by atoms with Crippen LogP contribution in [0.3, 0.4) is 0 Å². The molecule has 0 amide bonds. The summed E-state index contributed by atoms with van der Waals surface area (Å²) < 4.78 is 0. The molecule has 2 aromatic rings. The van der Waals surface area contributed by atoms with E-state index in [2.05, 4.69) is 28.7 Å². The Bertz CT molecular complexity index is 409. The number of nitrogens with one attached hydrogen (secondary N) is 1. The third-order valence-electron chi connectivity index (χ3n) is 2.33. The molecule has 0 fully saturated rings. The molecule has 0 aliphatic heterocycles. The number of pyridine rings is 1. The van der Waals surface area contributed by atoms with Crippen molar-refractivity contribution in [3.05, 3.63) is 52.0 Å². The van der Waals surface area contributed by atoms with Crippen LogP contribution < -0.4 is 5.32 Å². The number of hydrogen-bond acceptors (Lipinski definition) is 3. The zero-order valence-electron chi connectivity index (χ0n) is 8.73. The lowest BCUT2D eigenvalue weighted by Gasteiger charge is -2.03. The van der Waals surface area contributed by atoms with Crippen LogP contribution in [0.15, 0.2) is 36.0 Å². The first-order valence-corrected chi connectivity index (χ1v) is 5.87. The van der Waals surface area contributed by atoms with Gasteiger partial charge in [-0.1, -0.05) is 0 Å². The molecular weight excluding hydrogens is 204 g/mol. The highest BCUT2D eigenvalue weighted by molar-refractivity contribution is 7.10. The van der Waals surface area contributed by atoms with E-state index >= 15 is 0 Å². The number of aryl methyl sites for hydroxylation is 1. The van der Waals surface area contributed by atoms with Crippen molar-refractivity contribution in [2.45, 2.75) is 20.0 Å². The minimum absolute atomic E-state index is 0.903. The molecule has 15 heavy (non-hydrogen) atoms. The van der Waals surface area contributed by atoms with Crippen LogP contribution in [0.4, 0.5) is 0 Å². The molecule has 0 saturated carbocycles. The number of thiophene rings is 1. The maximum absolute atomic E-state index is 3.99. The maximum Gasteiger partial charge on any atom is 0.0305 e. The van der Waals surface area contributed by atoms with Crippen LogP contribution in [0.5, 0.6) is 0 Å². The molecule has 3 heteroatoms. The molecule has 2 nitrogen and oxygen atoms in total. The van der Waals surface area contributed by atoms with Gasteiger partial charge in [-0.3, -0.25) is 4.98 Å². The number of hydrogen-bond donors (Lipinski definition) is 1. The molecule has 78 valence electrons. The van der Waals surface area contributed by atoms with E-state index in [1.807, 2.05) is 35.9 Å². The SMILES string of the molecule is Cc1ccsc1CNCc1ccncc1. The minimum Gasteiger partial charge on any atom is -0.308 e. The summed E-state index contributed by atoms with van der Waals surface area (Å²) in [6.45, 7) is 4.01. The van der Waals surface area contributed by atoms with Gasteiger partial charge in [0, 0.05) is 30.4 Å². The molecular formula is C12H14N2S. The highest BCUT2D eigenvalue weighted by atomic mass is 32.1. The third kappa shape index (κ3) is 2.88. The van der Waals surface area contributed by atoms with E-state index in [0.29, 0.717) is 0 Å². The molecule has 0 bridgehead atoms. The highest BCUT2D eigenvalue weighted by Crippen LogP contribution is 2.14. The van der Waals surface area contributed by atoms with Gasteiger partial charge in [0.1, 0.15) is 0 Å². The zero-order valence-corrected chi connectivity index (χ0v) is 9.55. The minimum atomic E-state index is 0.903. The van der Waals surface area contributed by atoms with E-state index in [1.54, 1.807) is 0 Å². The highest BCUT2D eigenvalue weighted by Gasteiger charge is 1.98. The second-order valence-corrected chi connectivity index (χ2v) is 4.49. The number of rotatable bonds is 4. The van der Waals surface area contributed by atoms with Crippen molar-refractivity contribution in [2.24, 2.45) is 0 Å². The van der Waals surface area contributed by atoms with Crippen LogP contribution in [0.1, 0.15) is 16.0 Å². The lowest BCUT2D eigenvalue weighted by molar-refractivity contribution is 0.698. The van der Waals surface area contributed by atoms with Gasteiger partial charge in [0.05, 0.1) is 0 Å². The summed E-state index contributed by atoms with van der Waals surface area (Å²) in [6.07, 6.45) is 3.65. The van der Waals surface area contributed by atoms with E-state index in [-0.39, 0.29) is 0 Å². The third-order valence-corrected chi connectivity index (χ3v) is 3.36. The first-order valence-electron chi connectivity index (χ1n) is 4.99. The van der Waals surface area contributed by atoms with Crippen LogP contribution in [0.25, 0.3) is 0 Å². The average molecular weight is 218 g/mol. The van der Waals surface area contributed by atoms with Crippen molar-refractivity contribution < 1.29 is 0 Å². The van der Waals surface area contributed by atoms with Crippen LogP contribution in [0.2, 0.25) is 0 Å². The lowest BCUT2D eigenvalue weighted by atomic mass is 10.2. The molecule has 0 unspecified atom stereocenters. The van der Waals surface area contributed by atoms with E-state index in [4.69, 9.17) is 0 Å². The Morgan fingerprint density at radius 3 is 2.67 bits per heavy atom. The van der Waals surface area contributed by atoms with Crippen LogP contribution >= 0.6 is 11.3 Å². The van der Waals surface area contributed by atoms with Gasteiger partial charge in [-0.15, -0.1) is 11.3 Å². The summed E-state index contributed by atoms with van der Waals surface area (Å²) in [7, 11) is 0. The van der Waals surface area contributed by atoms with Gasteiger partial charge in [0.15, 0.2) is 0 Å². The summed E-state index contributed by atoms with van der Waals surface area (Å²) in [6, 6.07) is 6.23. The largest absolute Gasteiger partial charge is 0.308 e. The zero-order chi connectivity index (χ0) is 10.5. The Morgan fingerprint density at radius 2 is 2.00 bits per heavy atom. The number of aromatic nitrogens is 1. The van der Waals surface area contributed by atoms with Crippen molar-refractivity contribution in [3.8, 4) is 0 Å². The smallest absolute Gasteiger partial charge is 0.0305 e. The molecule has 0 aliphatic rings. The molecule has 0 aromatic carbocycles. The molecule has 0 aliphatic carbocycles. The topological polar surface area (TPSA) is 24.9 Å². The van der Waals surface area contributed by atoms with Gasteiger partial charge in [0.25, 0.3) is 0 Å². The van der Waals surface area contributed by atoms with Crippen molar-refractivity contribution in [1.29, 1.82) is 0 Å². The van der Waals surface area contributed by atoms with Gasteiger partial charge in [-0.2, -0.15) is 0 Å². The van der Waals surface area contributed by atoms with Crippen LogP contribution in [0, 0.1) is 6.92 Å². The fourth-order valence-corrected chi connectivity index (χ4v) is 2.28. The van der Waals surface area contributed by atoms with Gasteiger partial charge in [0.2, 0.25) is 0 Å². The van der Waals surface area contributed by atoms with Crippen LogP contribution in [-0.4, -0.2) is 4.98 Å². The quantitative estimate of drug-likeness (QED) is 0.853. The molecule has 0 saturated heterocycles. The first kappa shape index (κ1) is 10.3. The fourth-order valence-electron chi connectivity index (χ4n) is 1.41. The maximum atomic E-state index is 3.99. The van der Waals surface area contributed by atoms with Gasteiger partial charge in [-0.05, 0) is 41.6 Å². The standard InChI is InChI=1S/C12H14N2S/c1-10-4-7-15-12(10)9-14-8-11-2-5-13-6-3-11/h2-7,14H,8-9H2,1H3. The Kier molecular flexibility index (Phi) is 3.48. The molecule has 2 aromatic heterocycles. The molecule has 2 rings (SSSR count). The predicted octanol–water partition coefficient (Wildman–Crippen LogP) is 2.74. The fraction of sp³-hybridized carbons (Fsp3) is 0.250. The van der Waals surface area contributed by atoms with Crippen LogP contribution in [-0.2, 0) is 13.1 Å². The summed E-state index contributed by atoms with van der Waals surface area (Å²) in [5, 5.41) is 5.57. The summed E-state index contributed by atoms with van der Waals surface area (Å²) in [4.78, 5) is 5.41. The van der Waals surface area contributed by atoms with Crippen molar-refractivity contribution in [1.82, 2.24) is 10.3 Å². The summed E-state index contributed by atoms with van der Waals surface area (Å²) in [5.41, 5.74) is 2.65. The van der Waals surface area contributed by atoms with Crippen molar-refractivity contribution >= 4 is 11.3 Å². The molecule has 0 radical (unpaired) electrons. The normalized spacial score (nSPS) is 10.5. The summed E-state index contributed by atoms with van der Waals surface area (Å²) >= 11 is 1.81. The van der Waals surface area contributed by atoms with E-state index in [9.17, 15) is 0 Å². The van der Waals surface area contributed by atoms with Crippen molar-refractivity contribution in [3.63, 3.8) is 0 Å². The predicted molar refractivity (Wildman–Crippen MR) is 63.8 cm³/mol. The Morgan fingerprint density at radius 1 is 1.20 bits per heavy atom. The Balaban J connectivity index is 1.83. The second kappa shape index (κ2) is 5.05. The molecule has 1 N–H and O–H groups in total. The van der Waals surface area contributed by atoms with Gasteiger partial charge in [-0.25, -0.2) is 0 Å². The molecule has 0 spiro atoms. The van der Waals surface area contributed by atoms with E-state index in [0.717, 1.165) is 13.1 Å².